The van der Waals surface area contributed by atoms with Crippen LogP contribution in [-0.4, -0.2) is 42.1 Å². The number of ether oxygens (including phenoxy) is 3. The number of carbonyl (C=O) groups excluding carboxylic acids is 1. The fourth-order valence-corrected chi connectivity index (χ4v) is 4.09. The van der Waals surface area contributed by atoms with Crippen LogP contribution in [0.4, 0.5) is 0 Å². The zero-order valence-electron chi connectivity index (χ0n) is 11.2. The summed E-state index contributed by atoms with van der Waals surface area (Å²) in [5.41, 5.74) is 0. The standard InChI is InChI=1S/C13H18O6/c1-13(2)18-9-5-4-6(10(9)19-13)8(12(16)17-3)7(5)11(14)15/h5-10H,4H2,1-3H3,(H,14,15)/t5-,6+,7+,8+,9-,10+/m0/s1. The monoisotopic (exact) mass is 270 g/mol. The van der Waals surface area contributed by atoms with Crippen LogP contribution in [0.15, 0.2) is 0 Å². The summed E-state index contributed by atoms with van der Waals surface area (Å²) >= 11 is 0. The van der Waals surface area contributed by atoms with Crippen molar-refractivity contribution in [3.05, 3.63) is 0 Å². The molecule has 106 valence electrons. The highest BCUT2D eigenvalue weighted by atomic mass is 16.8. The number of methoxy groups -OCH3 is 1. The van der Waals surface area contributed by atoms with Crippen LogP contribution in [0.5, 0.6) is 0 Å². The van der Waals surface area contributed by atoms with E-state index in [4.69, 9.17) is 14.2 Å². The molecule has 2 saturated carbocycles. The molecule has 6 nitrogen and oxygen atoms in total. The van der Waals surface area contributed by atoms with Crippen LogP contribution in [0, 0.1) is 23.7 Å². The second kappa shape index (κ2) is 3.93. The van der Waals surface area contributed by atoms with Crippen molar-refractivity contribution < 1.29 is 28.9 Å². The van der Waals surface area contributed by atoms with Gasteiger partial charge in [0, 0.05) is 11.8 Å². The lowest BCUT2D eigenvalue weighted by atomic mass is 9.76. The normalized spacial score (nSPS) is 46.1. The van der Waals surface area contributed by atoms with Gasteiger partial charge in [0.25, 0.3) is 0 Å². The molecule has 1 saturated heterocycles. The summed E-state index contributed by atoms with van der Waals surface area (Å²) in [5, 5.41) is 9.40. The Balaban J connectivity index is 1.93. The van der Waals surface area contributed by atoms with E-state index >= 15 is 0 Å². The lowest BCUT2D eigenvalue weighted by Crippen LogP contribution is -2.46. The molecule has 3 aliphatic rings. The van der Waals surface area contributed by atoms with Gasteiger partial charge in [-0.2, -0.15) is 0 Å². The van der Waals surface area contributed by atoms with Gasteiger partial charge in [-0.1, -0.05) is 0 Å². The number of carboxylic acids is 1. The number of rotatable bonds is 2. The van der Waals surface area contributed by atoms with Crippen LogP contribution in [0.2, 0.25) is 0 Å². The fraction of sp³-hybridized carbons (Fsp3) is 0.846. The predicted octanol–water partition coefficient (Wildman–Crippen LogP) is 0.646. The van der Waals surface area contributed by atoms with Crippen molar-refractivity contribution in [3.63, 3.8) is 0 Å². The first-order chi connectivity index (χ1) is 8.85. The lowest BCUT2D eigenvalue weighted by molar-refractivity contribution is -0.162. The average Bonchev–Trinajstić information content (AvgIpc) is 2.93. The van der Waals surface area contributed by atoms with Gasteiger partial charge in [0.1, 0.15) is 0 Å². The Bertz CT molecular complexity index is 431. The third kappa shape index (κ3) is 1.70. The minimum Gasteiger partial charge on any atom is -0.481 e. The molecule has 0 amide bonds. The highest BCUT2D eigenvalue weighted by Crippen LogP contribution is 2.58. The molecule has 2 aliphatic carbocycles. The Morgan fingerprint density at radius 3 is 2.16 bits per heavy atom. The molecule has 6 heteroatoms. The summed E-state index contributed by atoms with van der Waals surface area (Å²) in [4.78, 5) is 23.4. The van der Waals surface area contributed by atoms with Crippen molar-refractivity contribution in [2.24, 2.45) is 23.7 Å². The SMILES string of the molecule is COC(=O)[C@@H]1[C@H]2C[C@H]([C@@H]3OC(C)(C)O[C@H]23)[C@H]1C(=O)O. The van der Waals surface area contributed by atoms with Gasteiger partial charge in [-0.3, -0.25) is 9.59 Å². The first-order valence-corrected chi connectivity index (χ1v) is 6.52. The number of carboxylic acid groups (broad SMARTS) is 1. The van der Waals surface area contributed by atoms with Crippen molar-refractivity contribution >= 4 is 11.9 Å². The van der Waals surface area contributed by atoms with E-state index in [1.54, 1.807) is 0 Å². The van der Waals surface area contributed by atoms with Crippen LogP contribution >= 0.6 is 0 Å². The van der Waals surface area contributed by atoms with Crippen molar-refractivity contribution in [3.8, 4) is 0 Å². The van der Waals surface area contributed by atoms with Gasteiger partial charge >= 0.3 is 11.9 Å². The molecule has 0 radical (unpaired) electrons. The lowest BCUT2D eigenvalue weighted by Gasteiger charge is -2.32. The Morgan fingerprint density at radius 2 is 1.68 bits per heavy atom. The summed E-state index contributed by atoms with van der Waals surface area (Å²) in [7, 11) is 1.29. The van der Waals surface area contributed by atoms with Gasteiger partial charge in [-0.25, -0.2) is 0 Å². The van der Waals surface area contributed by atoms with Crippen LogP contribution in [0.25, 0.3) is 0 Å². The zero-order chi connectivity index (χ0) is 13.9. The molecule has 0 spiro atoms. The van der Waals surface area contributed by atoms with Gasteiger partial charge in [0.2, 0.25) is 0 Å². The largest absolute Gasteiger partial charge is 0.481 e. The summed E-state index contributed by atoms with van der Waals surface area (Å²) in [5.74, 6) is -3.74. The quantitative estimate of drug-likeness (QED) is 0.742. The predicted molar refractivity (Wildman–Crippen MR) is 62.1 cm³/mol. The number of esters is 1. The molecular weight excluding hydrogens is 252 g/mol. The van der Waals surface area contributed by atoms with Crippen molar-refractivity contribution in [1.82, 2.24) is 0 Å². The van der Waals surface area contributed by atoms with Gasteiger partial charge in [0.05, 0.1) is 31.2 Å². The molecule has 19 heavy (non-hydrogen) atoms. The van der Waals surface area contributed by atoms with E-state index in [0.29, 0.717) is 6.42 Å². The first kappa shape index (κ1) is 12.9. The maximum absolute atomic E-state index is 11.9. The number of carbonyl (C=O) groups is 2. The molecule has 0 aromatic carbocycles. The van der Waals surface area contributed by atoms with E-state index in [1.165, 1.54) is 7.11 Å². The number of hydrogen-bond donors (Lipinski definition) is 1. The second-order valence-corrected chi connectivity index (χ2v) is 6.04. The topological polar surface area (TPSA) is 82.1 Å². The first-order valence-electron chi connectivity index (χ1n) is 6.52. The van der Waals surface area contributed by atoms with E-state index in [-0.39, 0.29) is 24.0 Å². The van der Waals surface area contributed by atoms with Crippen LogP contribution in [-0.2, 0) is 23.8 Å². The van der Waals surface area contributed by atoms with E-state index in [2.05, 4.69) is 0 Å². The molecule has 3 rings (SSSR count). The molecule has 1 heterocycles. The smallest absolute Gasteiger partial charge is 0.309 e. The molecule has 3 fully saturated rings. The zero-order valence-corrected chi connectivity index (χ0v) is 11.2. The van der Waals surface area contributed by atoms with E-state index in [1.807, 2.05) is 13.8 Å². The minimum atomic E-state index is -0.949. The summed E-state index contributed by atoms with van der Waals surface area (Å²) in [6, 6.07) is 0. The maximum atomic E-state index is 11.9. The van der Waals surface area contributed by atoms with Crippen molar-refractivity contribution in [1.29, 1.82) is 0 Å². The summed E-state index contributed by atoms with van der Waals surface area (Å²) < 4.78 is 16.4. The highest BCUT2D eigenvalue weighted by Gasteiger charge is 2.67. The summed E-state index contributed by atoms with van der Waals surface area (Å²) in [6.07, 6.45) is 0.240. The molecule has 2 bridgehead atoms. The van der Waals surface area contributed by atoms with Gasteiger partial charge < -0.3 is 19.3 Å². The molecule has 6 atom stereocenters. The fourth-order valence-electron chi connectivity index (χ4n) is 4.09. The molecule has 0 aromatic heterocycles. The summed E-state index contributed by atoms with van der Waals surface area (Å²) in [6.45, 7) is 3.63. The van der Waals surface area contributed by atoms with Gasteiger partial charge in [0.15, 0.2) is 5.79 Å². The molecular formula is C13H18O6. The highest BCUT2D eigenvalue weighted by molar-refractivity contribution is 5.83. The van der Waals surface area contributed by atoms with Crippen molar-refractivity contribution in [2.75, 3.05) is 7.11 Å². The van der Waals surface area contributed by atoms with E-state index in [0.717, 1.165) is 0 Å². The Kier molecular flexibility index (Phi) is 2.66. The number of aliphatic carboxylic acids is 1. The molecule has 1 N–H and O–H groups in total. The van der Waals surface area contributed by atoms with Crippen LogP contribution in [0.1, 0.15) is 20.3 Å². The van der Waals surface area contributed by atoms with Gasteiger partial charge in [-0.15, -0.1) is 0 Å². The van der Waals surface area contributed by atoms with Crippen molar-refractivity contribution in [2.45, 2.75) is 38.3 Å². The third-order valence-electron chi connectivity index (χ3n) is 4.62. The maximum Gasteiger partial charge on any atom is 0.309 e. The molecule has 0 aromatic rings. The third-order valence-corrected chi connectivity index (χ3v) is 4.62. The van der Waals surface area contributed by atoms with E-state index < -0.39 is 29.6 Å². The minimum absolute atomic E-state index is 0.120. The van der Waals surface area contributed by atoms with E-state index in [9.17, 15) is 14.7 Å². The van der Waals surface area contributed by atoms with Crippen LogP contribution in [0.3, 0.4) is 0 Å². The van der Waals surface area contributed by atoms with Gasteiger partial charge in [-0.05, 0) is 20.3 Å². The average molecular weight is 270 g/mol. The second-order valence-electron chi connectivity index (χ2n) is 6.04. The Labute approximate surface area is 111 Å². The molecule has 0 unspecified atom stereocenters. The van der Waals surface area contributed by atoms with Crippen LogP contribution < -0.4 is 0 Å². The Morgan fingerprint density at radius 1 is 1.16 bits per heavy atom. The number of fused-ring (bicyclic) bond motifs is 5. The number of hydrogen-bond acceptors (Lipinski definition) is 5. The molecule has 1 aliphatic heterocycles. The Hall–Kier alpha value is -1.14.